The Balaban J connectivity index is 1.69. The number of aromatic nitrogens is 1. The van der Waals surface area contributed by atoms with Crippen molar-refractivity contribution in [3.8, 4) is 0 Å². The standard InChI is InChI=1S/C23H36N2O2/c1-3-5-6-7-8-9-10-11-12-13-19-14-15-20(24-19)17-21-22(27-16-4-2)18-23(26)25-21/h14-15,17-18,24H,3-13,16H2,1-2H3,(H,25,26)/b21-17-. The van der Waals surface area contributed by atoms with E-state index in [0.717, 1.165) is 24.2 Å². The molecule has 1 aromatic heterocycles. The molecule has 0 saturated carbocycles. The third-order valence-electron chi connectivity index (χ3n) is 4.87. The molecule has 1 aliphatic rings. The maximum atomic E-state index is 11.6. The topological polar surface area (TPSA) is 54.1 Å². The van der Waals surface area contributed by atoms with E-state index in [0.29, 0.717) is 12.4 Å². The van der Waals surface area contributed by atoms with Crippen LogP contribution in [0.2, 0.25) is 0 Å². The fourth-order valence-electron chi connectivity index (χ4n) is 3.34. The van der Waals surface area contributed by atoms with Crippen LogP contribution in [0, 0.1) is 0 Å². The van der Waals surface area contributed by atoms with Crippen molar-refractivity contribution in [1.82, 2.24) is 10.3 Å². The van der Waals surface area contributed by atoms with E-state index in [9.17, 15) is 4.79 Å². The first kappa shape index (κ1) is 21.3. The molecule has 0 aromatic carbocycles. The van der Waals surface area contributed by atoms with E-state index >= 15 is 0 Å². The number of carbonyl (C=O) groups is 1. The summed E-state index contributed by atoms with van der Waals surface area (Å²) in [6, 6.07) is 4.21. The highest BCUT2D eigenvalue weighted by Crippen LogP contribution is 2.19. The molecule has 0 radical (unpaired) electrons. The van der Waals surface area contributed by atoms with Crippen LogP contribution in [0.5, 0.6) is 0 Å². The van der Waals surface area contributed by atoms with Gasteiger partial charge >= 0.3 is 0 Å². The first-order valence-corrected chi connectivity index (χ1v) is 10.8. The number of unbranched alkanes of at least 4 members (excludes halogenated alkanes) is 8. The summed E-state index contributed by atoms with van der Waals surface area (Å²) in [6.45, 7) is 4.94. The van der Waals surface area contributed by atoms with Gasteiger partial charge in [-0.05, 0) is 37.5 Å². The number of ether oxygens (including phenoxy) is 1. The third-order valence-corrected chi connectivity index (χ3v) is 4.87. The molecule has 4 nitrogen and oxygen atoms in total. The Labute approximate surface area is 164 Å². The van der Waals surface area contributed by atoms with Gasteiger partial charge in [0.2, 0.25) is 0 Å². The summed E-state index contributed by atoms with van der Waals surface area (Å²) in [5.74, 6) is 0.519. The second-order valence-corrected chi connectivity index (χ2v) is 7.42. The van der Waals surface area contributed by atoms with Gasteiger partial charge in [-0.25, -0.2) is 0 Å². The second-order valence-electron chi connectivity index (χ2n) is 7.42. The highest BCUT2D eigenvalue weighted by Gasteiger charge is 2.18. The van der Waals surface area contributed by atoms with E-state index in [2.05, 4.69) is 36.3 Å². The summed E-state index contributed by atoms with van der Waals surface area (Å²) in [6.07, 6.45) is 17.6. The van der Waals surface area contributed by atoms with Crippen molar-refractivity contribution in [1.29, 1.82) is 0 Å². The highest BCUT2D eigenvalue weighted by atomic mass is 16.5. The smallest absolute Gasteiger partial charge is 0.252 e. The van der Waals surface area contributed by atoms with Crippen molar-refractivity contribution in [2.45, 2.75) is 84.5 Å². The molecule has 2 rings (SSSR count). The van der Waals surface area contributed by atoms with Gasteiger partial charge in [0.25, 0.3) is 5.91 Å². The van der Waals surface area contributed by atoms with E-state index < -0.39 is 0 Å². The highest BCUT2D eigenvalue weighted by molar-refractivity contribution is 5.95. The minimum absolute atomic E-state index is 0.117. The SMILES string of the molecule is CCCCCCCCCCCc1ccc(/C=C2\NC(=O)C=C2OCCC)[nH]1. The maximum absolute atomic E-state index is 11.6. The van der Waals surface area contributed by atoms with Crippen LogP contribution >= 0.6 is 0 Å². The molecule has 0 aliphatic carbocycles. The Morgan fingerprint density at radius 1 is 0.926 bits per heavy atom. The molecule has 0 saturated heterocycles. The summed E-state index contributed by atoms with van der Waals surface area (Å²) >= 11 is 0. The molecular weight excluding hydrogens is 336 g/mol. The lowest BCUT2D eigenvalue weighted by Crippen LogP contribution is -2.14. The summed E-state index contributed by atoms with van der Waals surface area (Å²) < 4.78 is 5.64. The average Bonchev–Trinajstić information content (AvgIpc) is 3.25. The van der Waals surface area contributed by atoms with Crippen molar-refractivity contribution < 1.29 is 9.53 Å². The lowest BCUT2D eigenvalue weighted by atomic mass is 10.1. The number of aromatic amines is 1. The molecule has 0 spiro atoms. The van der Waals surface area contributed by atoms with Gasteiger partial charge in [0.05, 0.1) is 12.3 Å². The molecule has 0 fully saturated rings. The molecule has 2 N–H and O–H groups in total. The van der Waals surface area contributed by atoms with Crippen molar-refractivity contribution in [3.63, 3.8) is 0 Å². The normalized spacial score (nSPS) is 15.3. The number of hydrogen-bond donors (Lipinski definition) is 2. The number of amides is 1. The first-order valence-electron chi connectivity index (χ1n) is 10.8. The molecule has 150 valence electrons. The predicted octanol–water partition coefficient (Wildman–Crippen LogP) is 5.87. The fraction of sp³-hybridized carbons (Fsp3) is 0.609. The largest absolute Gasteiger partial charge is 0.491 e. The van der Waals surface area contributed by atoms with E-state index in [4.69, 9.17) is 4.74 Å². The molecule has 2 heterocycles. The van der Waals surface area contributed by atoms with Gasteiger partial charge in [0, 0.05) is 17.5 Å². The summed E-state index contributed by atoms with van der Waals surface area (Å²) in [4.78, 5) is 15.1. The quantitative estimate of drug-likeness (QED) is 0.401. The zero-order chi connectivity index (χ0) is 19.3. The zero-order valence-electron chi connectivity index (χ0n) is 17.1. The molecule has 0 bridgehead atoms. The van der Waals surface area contributed by atoms with Crippen LogP contribution in [-0.2, 0) is 16.0 Å². The molecule has 1 amide bonds. The Morgan fingerprint density at radius 2 is 1.63 bits per heavy atom. The number of H-pyrrole nitrogens is 1. The minimum Gasteiger partial charge on any atom is -0.491 e. The van der Waals surface area contributed by atoms with E-state index in [-0.39, 0.29) is 5.91 Å². The van der Waals surface area contributed by atoms with Crippen LogP contribution in [0.3, 0.4) is 0 Å². The molecular formula is C23H36N2O2. The van der Waals surface area contributed by atoms with Crippen molar-refractivity contribution in [2.75, 3.05) is 6.61 Å². The monoisotopic (exact) mass is 372 g/mol. The van der Waals surface area contributed by atoms with Gasteiger partial charge in [-0.15, -0.1) is 0 Å². The Morgan fingerprint density at radius 3 is 2.33 bits per heavy atom. The lowest BCUT2D eigenvalue weighted by Gasteiger charge is -2.07. The maximum Gasteiger partial charge on any atom is 0.252 e. The minimum atomic E-state index is -0.117. The van der Waals surface area contributed by atoms with Gasteiger partial charge < -0.3 is 15.0 Å². The Hall–Kier alpha value is -1.97. The first-order chi connectivity index (χ1) is 13.2. The van der Waals surface area contributed by atoms with Gasteiger partial charge in [0.1, 0.15) is 5.76 Å². The van der Waals surface area contributed by atoms with E-state index in [1.165, 1.54) is 69.6 Å². The Kier molecular flexibility index (Phi) is 9.81. The van der Waals surface area contributed by atoms with Gasteiger partial charge in [-0.3, -0.25) is 4.79 Å². The third kappa shape index (κ3) is 8.06. The van der Waals surface area contributed by atoms with Crippen LogP contribution in [0.15, 0.2) is 29.7 Å². The molecule has 0 unspecified atom stereocenters. The zero-order valence-corrected chi connectivity index (χ0v) is 17.1. The van der Waals surface area contributed by atoms with Crippen molar-refractivity contribution in [3.05, 3.63) is 41.1 Å². The summed E-state index contributed by atoms with van der Waals surface area (Å²) in [7, 11) is 0. The predicted molar refractivity (Wildman–Crippen MR) is 112 cm³/mol. The van der Waals surface area contributed by atoms with E-state index in [1.54, 1.807) is 0 Å². The van der Waals surface area contributed by atoms with Gasteiger partial charge in [0.15, 0.2) is 0 Å². The number of aryl methyl sites for hydroxylation is 1. The lowest BCUT2D eigenvalue weighted by molar-refractivity contribution is -0.115. The number of nitrogens with one attached hydrogen (secondary N) is 2. The van der Waals surface area contributed by atoms with Gasteiger partial charge in [-0.2, -0.15) is 0 Å². The number of rotatable bonds is 14. The second kappa shape index (κ2) is 12.4. The molecule has 1 aliphatic heterocycles. The molecule has 0 atom stereocenters. The van der Waals surface area contributed by atoms with Crippen molar-refractivity contribution in [2.24, 2.45) is 0 Å². The van der Waals surface area contributed by atoms with Crippen LogP contribution in [0.4, 0.5) is 0 Å². The molecule has 4 heteroatoms. The van der Waals surface area contributed by atoms with Crippen LogP contribution in [0.1, 0.15) is 89.4 Å². The summed E-state index contributed by atoms with van der Waals surface area (Å²) in [5, 5.41) is 2.84. The molecule has 1 aromatic rings. The summed E-state index contributed by atoms with van der Waals surface area (Å²) in [5.41, 5.74) is 3.00. The van der Waals surface area contributed by atoms with Crippen LogP contribution in [-0.4, -0.2) is 17.5 Å². The van der Waals surface area contributed by atoms with E-state index in [1.807, 2.05) is 6.08 Å². The molecule has 27 heavy (non-hydrogen) atoms. The number of hydrogen-bond acceptors (Lipinski definition) is 2. The average molecular weight is 373 g/mol. The van der Waals surface area contributed by atoms with Crippen LogP contribution < -0.4 is 5.32 Å². The Bertz CT molecular complexity index is 628. The van der Waals surface area contributed by atoms with Gasteiger partial charge in [-0.1, -0.05) is 65.2 Å². The van der Waals surface area contributed by atoms with Crippen LogP contribution in [0.25, 0.3) is 6.08 Å². The van der Waals surface area contributed by atoms with Crippen molar-refractivity contribution >= 4 is 12.0 Å². The fourth-order valence-corrected chi connectivity index (χ4v) is 3.34. The number of carbonyl (C=O) groups excluding carboxylic acids is 1.